The predicted molar refractivity (Wildman–Crippen MR) is 108 cm³/mol. The van der Waals surface area contributed by atoms with E-state index in [9.17, 15) is 4.79 Å². The van der Waals surface area contributed by atoms with E-state index in [-0.39, 0.29) is 5.97 Å². The van der Waals surface area contributed by atoms with E-state index in [1.54, 1.807) is 0 Å². The molecule has 0 unspecified atom stereocenters. The summed E-state index contributed by atoms with van der Waals surface area (Å²) < 4.78 is 5.90. The maximum absolute atomic E-state index is 12.1. The van der Waals surface area contributed by atoms with Crippen molar-refractivity contribution >= 4 is 27.6 Å². The Balaban J connectivity index is 2.31. The highest BCUT2D eigenvalue weighted by atomic mass is 79.9. The van der Waals surface area contributed by atoms with Gasteiger partial charge in [-0.2, -0.15) is 0 Å². The Morgan fingerprint density at radius 1 is 1.20 bits per heavy atom. The highest BCUT2D eigenvalue weighted by molar-refractivity contribution is 9.10. The molecule has 0 bridgehead atoms. The average Bonchev–Trinajstić information content (AvgIpc) is 2.61. The summed E-state index contributed by atoms with van der Waals surface area (Å²) in [5, 5.41) is 0. The van der Waals surface area contributed by atoms with Gasteiger partial charge in [0, 0.05) is 28.8 Å². The van der Waals surface area contributed by atoms with Crippen LogP contribution in [0.3, 0.4) is 0 Å². The molecule has 140 valence electrons. The fourth-order valence-electron chi connectivity index (χ4n) is 3.91. The Labute approximate surface area is 160 Å². The van der Waals surface area contributed by atoms with Gasteiger partial charge in [0.2, 0.25) is 0 Å². The summed E-state index contributed by atoms with van der Waals surface area (Å²) in [7, 11) is 5.79. The van der Waals surface area contributed by atoms with E-state index in [1.807, 2.05) is 13.0 Å². The minimum Gasteiger partial charge on any atom is -0.465 e. The van der Waals surface area contributed by atoms with E-state index in [1.165, 1.54) is 32.8 Å². The summed E-state index contributed by atoms with van der Waals surface area (Å²) >= 11 is 3.58. The summed E-state index contributed by atoms with van der Waals surface area (Å²) in [6.07, 6.45) is 5.95. The topological polar surface area (TPSA) is 32.8 Å². The molecule has 0 atom stereocenters. The molecule has 0 radical (unpaired) electrons. The Bertz CT molecular complexity index is 596. The van der Waals surface area contributed by atoms with Crippen LogP contribution in [0.4, 0.5) is 5.69 Å². The summed E-state index contributed by atoms with van der Waals surface area (Å²) in [6.45, 7) is 5.25. The molecule has 0 saturated heterocycles. The molecule has 1 fully saturated rings. The molecule has 1 aromatic carbocycles. The molecule has 1 saturated carbocycles. The van der Waals surface area contributed by atoms with Gasteiger partial charge in [-0.3, -0.25) is 0 Å². The lowest BCUT2D eigenvalue weighted by atomic mass is 9.88. The minimum absolute atomic E-state index is 0.271. The van der Waals surface area contributed by atoms with Crippen molar-refractivity contribution in [2.75, 3.05) is 32.6 Å². The smallest absolute Gasteiger partial charge is 0.338 e. The first-order valence-electron chi connectivity index (χ1n) is 9.20. The number of benzene rings is 1. The average molecular weight is 411 g/mol. The lowest BCUT2D eigenvalue weighted by Gasteiger charge is -2.40. The number of hydrogen-bond acceptors (Lipinski definition) is 4. The number of halogens is 1. The van der Waals surface area contributed by atoms with Crippen LogP contribution in [0.2, 0.25) is 0 Å². The van der Waals surface area contributed by atoms with Crippen LogP contribution in [0.5, 0.6) is 0 Å². The van der Waals surface area contributed by atoms with E-state index in [2.05, 4.69) is 52.8 Å². The first kappa shape index (κ1) is 20.2. The Hall–Kier alpha value is -1.07. The first-order chi connectivity index (χ1) is 11.9. The van der Waals surface area contributed by atoms with Crippen LogP contribution < -0.4 is 4.90 Å². The van der Waals surface area contributed by atoms with Crippen molar-refractivity contribution < 1.29 is 9.53 Å². The highest BCUT2D eigenvalue weighted by Crippen LogP contribution is 2.34. The Kier molecular flexibility index (Phi) is 7.32. The summed E-state index contributed by atoms with van der Waals surface area (Å²) in [4.78, 5) is 17.0. The fraction of sp³-hybridized carbons (Fsp3) is 0.650. The third-order valence-corrected chi connectivity index (χ3v) is 5.82. The van der Waals surface area contributed by atoms with Gasteiger partial charge in [-0.1, -0.05) is 22.9 Å². The highest BCUT2D eigenvalue weighted by Gasteiger charge is 2.28. The van der Waals surface area contributed by atoms with Crippen molar-refractivity contribution in [1.82, 2.24) is 4.90 Å². The molecule has 0 spiro atoms. The van der Waals surface area contributed by atoms with Crippen molar-refractivity contribution in [2.24, 2.45) is 0 Å². The normalized spacial score (nSPS) is 20.6. The second-order valence-electron chi connectivity index (χ2n) is 7.21. The molecule has 1 aromatic rings. The molecule has 4 nitrogen and oxygen atoms in total. The van der Waals surface area contributed by atoms with Gasteiger partial charge in [0.05, 0.1) is 12.7 Å². The van der Waals surface area contributed by atoms with Gasteiger partial charge in [-0.25, -0.2) is 4.79 Å². The van der Waals surface area contributed by atoms with E-state index in [4.69, 9.17) is 4.74 Å². The molecule has 0 heterocycles. The quantitative estimate of drug-likeness (QED) is 0.639. The van der Waals surface area contributed by atoms with Crippen LogP contribution in [-0.4, -0.2) is 50.7 Å². The maximum atomic E-state index is 12.1. The SMILES string of the molecule is CCCN(c1cc(Br)cc(C(=O)OC)c1C)C1CCC(N(C)C)CC1. The standard InChI is InChI=1S/C20H31BrN2O2/c1-6-11-23(17-9-7-16(8-10-17)22(3)4)19-13-15(21)12-18(14(19)2)20(24)25-5/h12-13,16-17H,6-11H2,1-5H3. The number of rotatable bonds is 6. The molecule has 1 aliphatic rings. The van der Waals surface area contributed by atoms with Crippen molar-refractivity contribution in [2.45, 2.75) is 58.0 Å². The molecular weight excluding hydrogens is 380 g/mol. The lowest BCUT2D eigenvalue weighted by Crippen LogP contribution is -2.43. The van der Waals surface area contributed by atoms with Gasteiger partial charge >= 0.3 is 5.97 Å². The summed E-state index contributed by atoms with van der Waals surface area (Å²) in [6, 6.07) is 5.23. The second-order valence-corrected chi connectivity index (χ2v) is 8.12. The Morgan fingerprint density at radius 3 is 2.32 bits per heavy atom. The molecule has 0 aromatic heterocycles. The molecule has 1 aliphatic carbocycles. The maximum Gasteiger partial charge on any atom is 0.338 e. The fourth-order valence-corrected chi connectivity index (χ4v) is 4.36. The molecule has 2 rings (SSSR count). The van der Waals surface area contributed by atoms with Crippen LogP contribution in [0.25, 0.3) is 0 Å². The zero-order chi connectivity index (χ0) is 18.6. The van der Waals surface area contributed by atoms with E-state index in [0.29, 0.717) is 17.6 Å². The number of esters is 1. The van der Waals surface area contributed by atoms with Crippen LogP contribution in [0.1, 0.15) is 54.9 Å². The van der Waals surface area contributed by atoms with Crippen LogP contribution in [0, 0.1) is 6.92 Å². The lowest BCUT2D eigenvalue weighted by molar-refractivity contribution is 0.0600. The van der Waals surface area contributed by atoms with Crippen molar-refractivity contribution in [3.05, 3.63) is 27.7 Å². The number of nitrogens with zero attached hydrogens (tertiary/aromatic N) is 2. The van der Waals surface area contributed by atoms with Gasteiger partial charge in [-0.05, 0) is 70.8 Å². The van der Waals surface area contributed by atoms with Crippen LogP contribution >= 0.6 is 15.9 Å². The number of ether oxygens (including phenoxy) is 1. The summed E-state index contributed by atoms with van der Waals surface area (Å²) in [5.41, 5.74) is 2.82. The molecule has 25 heavy (non-hydrogen) atoms. The van der Waals surface area contributed by atoms with Gasteiger partial charge in [-0.15, -0.1) is 0 Å². The third kappa shape index (κ3) is 4.76. The number of anilines is 1. The first-order valence-corrected chi connectivity index (χ1v) is 9.99. The molecule has 0 aliphatic heterocycles. The van der Waals surface area contributed by atoms with Crippen molar-refractivity contribution in [3.63, 3.8) is 0 Å². The number of carbonyl (C=O) groups is 1. The van der Waals surface area contributed by atoms with Gasteiger partial charge in [0.25, 0.3) is 0 Å². The second kappa shape index (κ2) is 9.04. The largest absolute Gasteiger partial charge is 0.465 e. The van der Waals surface area contributed by atoms with Gasteiger partial charge in [0.1, 0.15) is 0 Å². The van der Waals surface area contributed by atoms with Crippen LogP contribution in [-0.2, 0) is 4.74 Å². The minimum atomic E-state index is -0.271. The molecule has 0 N–H and O–H groups in total. The zero-order valence-corrected chi connectivity index (χ0v) is 17.7. The number of carbonyl (C=O) groups excluding carboxylic acids is 1. The predicted octanol–water partition coefficient (Wildman–Crippen LogP) is 4.63. The molecule has 0 amide bonds. The molecular formula is C20H31BrN2O2. The zero-order valence-electron chi connectivity index (χ0n) is 16.1. The van der Waals surface area contributed by atoms with E-state index in [0.717, 1.165) is 28.7 Å². The van der Waals surface area contributed by atoms with Gasteiger partial charge in [0.15, 0.2) is 0 Å². The van der Waals surface area contributed by atoms with Crippen molar-refractivity contribution in [1.29, 1.82) is 0 Å². The van der Waals surface area contributed by atoms with E-state index < -0.39 is 0 Å². The van der Waals surface area contributed by atoms with E-state index >= 15 is 0 Å². The third-order valence-electron chi connectivity index (χ3n) is 5.36. The number of methoxy groups -OCH3 is 1. The summed E-state index contributed by atoms with van der Waals surface area (Å²) in [5.74, 6) is -0.271. The molecule has 5 heteroatoms. The number of hydrogen-bond donors (Lipinski definition) is 0. The van der Waals surface area contributed by atoms with Crippen LogP contribution in [0.15, 0.2) is 16.6 Å². The monoisotopic (exact) mass is 410 g/mol. The van der Waals surface area contributed by atoms with Crippen molar-refractivity contribution in [3.8, 4) is 0 Å². The Morgan fingerprint density at radius 2 is 1.80 bits per heavy atom. The van der Waals surface area contributed by atoms with Gasteiger partial charge < -0.3 is 14.5 Å².